The van der Waals surface area contributed by atoms with Crippen molar-refractivity contribution in [2.75, 3.05) is 11.9 Å². The Morgan fingerprint density at radius 1 is 1.67 bits per heavy atom. The summed E-state index contributed by atoms with van der Waals surface area (Å²) in [5, 5.41) is 2.55. The largest absolute Gasteiger partial charge is 0.350 e. The van der Waals surface area contributed by atoms with Crippen molar-refractivity contribution in [1.82, 2.24) is 9.55 Å². The smallest absolute Gasteiger partial charge is 0.255 e. The van der Waals surface area contributed by atoms with Crippen LogP contribution in [0.4, 0.5) is 14.7 Å². The summed E-state index contributed by atoms with van der Waals surface area (Å²) in [6, 6.07) is 0. The highest BCUT2D eigenvalue weighted by Crippen LogP contribution is 2.04. The zero-order chi connectivity index (χ0) is 8.97. The maximum absolute atomic E-state index is 11.8. The van der Waals surface area contributed by atoms with Crippen molar-refractivity contribution in [3.8, 4) is 0 Å². The molecule has 0 amide bonds. The van der Waals surface area contributed by atoms with Gasteiger partial charge in [0.25, 0.3) is 6.43 Å². The lowest BCUT2D eigenvalue weighted by Crippen LogP contribution is -2.13. The van der Waals surface area contributed by atoms with Crippen LogP contribution >= 0.6 is 0 Å². The SMILES string of the molecule is CCn1ccnc1NCC(F)F. The summed E-state index contributed by atoms with van der Waals surface area (Å²) in [6.07, 6.45) is 0.984. The van der Waals surface area contributed by atoms with Crippen LogP contribution in [0, 0.1) is 0 Å². The Balaban J connectivity index is 2.50. The summed E-state index contributed by atoms with van der Waals surface area (Å²) in [6.45, 7) is 2.30. The third-order valence-corrected chi connectivity index (χ3v) is 1.47. The molecule has 12 heavy (non-hydrogen) atoms. The maximum Gasteiger partial charge on any atom is 0.255 e. The summed E-state index contributed by atoms with van der Waals surface area (Å²) in [5.74, 6) is 0.498. The van der Waals surface area contributed by atoms with Crippen molar-refractivity contribution >= 4 is 5.95 Å². The van der Waals surface area contributed by atoms with Crippen molar-refractivity contribution in [2.24, 2.45) is 0 Å². The first-order valence-electron chi connectivity index (χ1n) is 3.77. The molecule has 0 fully saturated rings. The van der Waals surface area contributed by atoms with Gasteiger partial charge in [0.15, 0.2) is 0 Å². The van der Waals surface area contributed by atoms with E-state index in [9.17, 15) is 8.78 Å². The zero-order valence-corrected chi connectivity index (χ0v) is 6.80. The standard InChI is InChI=1S/C7H11F2N3/c1-2-12-4-3-10-7(12)11-5-6(8)9/h3-4,6H,2,5H2,1H3,(H,10,11). The fourth-order valence-electron chi connectivity index (χ4n) is 0.900. The molecule has 1 aromatic heterocycles. The van der Waals surface area contributed by atoms with E-state index in [1.165, 1.54) is 0 Å². The summed E-state index contributed by atoms with van der Waals surface area (Å²) in [7, 11) is 0. The molecule has 0 unspecified atom stereocenters. The van der Waals surface area contributed by atoms with Gasteiger partial charge < -0.3 is 9.88 Å². The van der Waals surface area contributed by atoms with Gasteiger partial charge in [-0.1, -0.05) is 0 Å². The number of imidazole rings is 1. The Bertz CT molecular complexity index is 234. The average Bonchev–Trinajstić information content (AvgIpc) is 2.47. The lowest BCUT2D eigenvalue weighted by atomic mass is 10.6. The number of anilines is 1. The minimum absolute atomic E-state index is 0.350. The second-order valence-corrected chi connectivity index (χ2v) is 2.31. The van der Waals surface area contributed by atoms with Crippen molar-refractivity contribution in [3.63, 3.8) is 0 Å². The van der Waals surface area contributed by atoms with Gasteiger partial charge in [-0.15, -0.1) is 0 Å². The van der Waals surface area contributed by atoms with Crippen LogP contribution in [0.15, 0.2) is 12.4 Å². The number of hydrogen-bond donors (Lipinski definition) is 1. The Kier molecular flexibility index (Phi) is 3.01. The van der Waals surface area contributed by atoms with Crippen LogP contribution in [-0.4, -0.2) is 22.5 Å². The summed E-state index contributed by atoms with van der Waals surface area (Å²) < 4.78 is 25.3. The zero-order valence-electron chi connectivity index (χ0n) is 6.80. The van der Waals surface area contributed by atoms with E-state index in [1.807, 2.05) is 6.92 Å². The Morgan fingerprint density at radius 3 is 3.00 bits per heavy atom. The summed E-state index contributed by atoms with van der Waals surface area (Å²) in [5.41, 5.74) is 0. The molecule has 5 heteroatoms. The highest BCUT2D eigenvalue weighted by atomic mass is 19.3. The number of rotatable bonds is 4. The van der Waals surface area contributed by atoms with Gasteiger partial charge in [-0.05, 0) is 6.92 Å². The normalized spacial score (nSPS) is 10.7. The van der Waals surface area contributed by atoms with Crippen molar-refractivity contribution in [2.45, 2.75) is 19.9 Å². The minimum Gasteiger partial charge on any atom is -0.350 e. The lowest BCUT2D eigenvalue weighted by Gasteiger charge is -2.06. The van der Waals surface area contributed by atoms with Crippen LogP contribution in [0.3, 0.4) is 0 Å². The van der Waals surface area contributed by atoms with E-state index >= 15 is 0 Å². The molecule has 0 bridgehead atoms. The first-order valence-corrected chi connectivity index (χ1v) is 3.77. The lowest BCUT2D eigenvalue weighted by molar-refractivity contribution is 0.163. The molecule has 0 aliphatic carbocycles. The fraction of sp³-hybridized carbons (Fsp3) is 0.571. The molecule has 3 nitrogen and oxygen atoms in total. The van der Waals surface area contributed by atoms with E-state index in [2.05, 4.69) is 10.3 Å². The molecule has 1 rings (SSSR count). The molecule has 1 aromatic rings. The fourth-order valence-corrected chi connectivity index (χ4v) is 0.900. The van der Waals surface area contributed by atoms with Crippen LogP contribution in [0.1, 0.15) is 6.92 Å². The highest BCUT2D eigenvalue weighted by molar-refractivity contribution is 5.25. The third kappa shape index (κ3) is 2.18. The van der Waals surface area contributed by atoms with Gasteiger partial charge in [-0.25, -0.2) is 13.8 Å². The first-order chi connectivity index (χ1) is 5.74. The molecule has 0 saturated carbocycles. The molecular weight excluding hydrogens is 164 g/mol. The van der Waals surface area contributed by atoms with Gasteiger partial charge in [0.2, 0.25) is 5.95 Å². The van der Waals surface area contributed by atoms with Crippen molar-refractivity contribution in [1.29, 1.82) is 0 Å². The van der Waals surface area contributed by atoms with E-state index < -0.39 is 6.43 Å². The topological polar surface area (TPSA) is 29.9 Å². The number of nitrogens with one attached hydrogen (secondary N) is 1. The third-order valence-electron chi connectivity index (χ3n) is 1.47. The monoisotopic (exact) mass is 175 g/mol. The van der Waals surface area contributed by atoms with Crippen LogP contribution in [0.2, 0.25) is 0 Å². The number of nitrogens with zero attached hydrogens (tertiary/aromatic N) is 2. The van der Waals surface area contributed by atoms with Gasteiger partial charge in [0, 0.05) is 18.9 Å². The van der Waals surface area contributed by atoms with Gasteiger partial charge in [-0.2, -0.15) is 0 Å². The molecule has 0 spiro atoms. The number of halogens is 2. The Hall–Kier alpha value is -1.13. The van der Waals surface area contributed by atoms with Crippen LogP contribution in [-0.2, 0) is 6.54 Å². The maximum atomic E-state index is 11.8. The minimum atomic E-state index is -2.34. The number of hydrogen-bond acceptors (Lipinski definition) is 2. The quantitative estimate of drug-likeness (QED) is 0.752. The van der Waals surface area contributed by atoms with E-state index in [0.29, 0.717) is 5.95 Å². The first kappa shape index (κ1) is 8.96. The van der Waals surface area contributed by atoms with E-state index in [1.54, 1.807) is 17.0 Å². The molecule has 68 valence electrons. The Morgan fingerprint density at radius 2 is 2.42 bits per heavy atom. The second-order valence-electron chi connectivity index (χ2n) is 2.31. The van der Waals surface area contributed by atoms with Crippen molar-refractivity contribution in [3.05, 3.63) is 12.4 Å². The van der Waals surface area contributed by atoms with Gasteiger partial charge in [0.1, 0.15) is 0 Å². The second kappa shape index (κ2) is 4.04. The number of alkyl halides is 2. The highest BCUT2D eigenvalue weighted by Gasteiger charge is 2.04. The molecular formula is C7H11F2N3. The molecule has 1 heterocycles. The van der Waals surface area contributed by atoms with Gasteiger partial charge in [0.05, 0.1) is 6.54 Å². The van der Waals surface area contributed by atoms with Crippen LogP contribution < -0.4 is 5.32 Å². The van der Waals surface area contributed by atoms with Crippen LogP contribution in [0.5, 0.6) is 0 Å². The molecule has 1 N–H and O–H groups in total. The average molecular weight is 175 g/mol. The molecule has 0 radical (unpaired) electrons. The number of aryl methyl sites for hydroxylation is 1. The van der Waals surface area contributed by atoms with E-state index in [4.69, 9.17) is 0 Å². The Labute approximate surface area is 69.4 Å². The van der Waals surface area contributed by atoms with Gasteiger partial charge >= 0.3 is 0 Å². The molecule has 0 atom stereocenters. The van der Waals surface area contributed by atoms with E-state index in [-0.39, 0.29) is 6.54 Å². The molecule has 0 aromatic carbocycles. The molecule has 0 aliphatic heterocycles. The molecule has 0 saturated heterocycles. The van der Waals surface area contributed by atoms with E-state index in [0.717, 1.165) is 6.54 Å². The number of aromatic nitrogens is 2. The van der Waals surface area contributed by atoms with Crippen molar-refractivity contribution < 1.29 is 8.78 Å². The van der Waals surface area contributed by atoms with Gasteiger partial charge in [-0.3, -0.25) is 0 Å². The predicted molar refractivity (Wildman–Crippen MR) is 42.4 cm³/mol. The summed E-state index contributed by atoms with van der Waals surface area (Å²) in [4.78, 5) is 3.88. The predicted octanol–water partition coefficient (Wildman–Crippen LogP) is 1.58. The molecule has 0 aliphatic rings. The van der Waals surface area contributed by atoms with Crippen LogP contribution in [0.25, 0.3) is 0 Å². The summed E-state index contributed by atoms with van der Waals surface area (Å²) >= 11 is 0.